The molecule has 2 aliphatic rings. The number of amides is 2. The van der Waals surface area contributed by atoms with Crippen LogP contribution < -0.4 is 14.8 Å². The Morgan fingerprint density at radius 1 is 1.26 bits per heavy atom. The Morgan fingerprint density at radius 2 is 2.04 bits per heavy atom. The molecule has 2 aliphatic heterocycles. The molecule has 0 spiro atoms. The number of nitrogens with one attached hydrogen (secondary N) is 1. The first-order chi connectivity index (χ1) is 12.8. The van der Waals surface area contributed by atoms with E-state index in [1.807, 2.05) is 39.0 Å². The van der Waals surface area contributed by atoms with E-state index in [2.05, 4.69) is 5.32 Å². The summed E-state index contributed by atoms with van der Waals surface area (Å²) in [7, 11) is 0. The molecule has 0 radical (unpaired) electrons. The summed E-state index contributed by atoms with van der Waals surface area (Å²) in [5.74, 6) is 1.30. The van der Waals surface area contributed by atoms with Crippen LogP contribution in [0.15, 0.2) is 18.2 Å². The fourth-order valence-electron chi connectivity index (χ4n) is 3.25. The van der Waals surface area contributed by atoms with Crippen LogP contribution in [0.4, 0.5) is 4.79 Å². The summed E-state index contributed by atoms with van der Waals surface area (Å²) in [4.78, 5) is 26.4. The Bertz CT molecular complexity index is 698. The third-order valence-corrected chi connectivity index (χ3v) is 4.59. The molecule has 27 heavy (non-hydrogen) atoms. The number of hydrogen-bond acceptors (Lipinski definition) is 5. The van der Waals surface area contributed by atoms with Gasteiger partial charge in [-0.3, -0.25) is 4.79 Å². The third kappa shape index (κ3) is 5.28. The minimum absolute atomic E-state index is 0.0102. The molecule has 0 aliphatic carbocycles. The first-order valence-electron chi connectivity index (χ1n) is 9.46. The number of benzene rings is 1. The lowest BCUT2D eigenvalue weighted by Crippen LogP contribution is -2.47. The molecule has 0 bridgehead atoms. The van der Waals surface area contributed by atoms with E-state index in [4.69, 9.17) is 14.2 Å². The van der Waals surface area contributed by atoms with Gasteiger partial charge in [-0.25, -0.2) is 4.79 Å². The van der Waals surface area contributed by atoms with Crippen LogP contribution in [-0.4, -0.2) is 48.9 Å². The highest BCUT2D eigenvalue weighted by Gasteiger charge is 2.30. The van der Waals surface area contributed by atoms with Gasteiger partial charge in [0.1, 0.15) is 5.60 Å². The summed E-state index contributed by atoms with van der Waals surface area (Å²) in [5.41, 5.74) is 0.551. The number of hydrogen-bond donors (Lipinski definition) is 1. The van der Waals surface area contributed by atoms with E-state index < -0.39 is 5.60 Å². The number of ether oxygens (including phenoxy) is 3. The summed E-state index contributed by atoms with van der Waals surface area (Å²) < 4.78 is 16.1. The molecule has 0 saturated carbocycles. The second-order valence-corrected chi connectivity index (χ2v) is 7.99. The Kier molecular flexibility index (Phi) is 5.77. The van der Waals surface area contributed by atoms with Crippen LogP contribution in [0.1, 0.15) is 39.2 Å². The van der Waals surface area contributed by atoms with E-state index in [1.165, 1.54) is 0 Å². The van der Waals surface area contributed by atoms with E-state index in [1.54, 1.807) is 4.90 Å². The first kappa shape index (κ1) is 19.3. The highest BCUT2D eigenvalue weighted by Crippen LogP contribution is 2.32. The van der Waals surface area contributed by atoms with Gasteiger partial charge >= 0.3 is 6.09 Å². The minimum atomic E-state index is -0.531. The topological polar surface area (TPSA) is 77.1 Å². The Morgan fingerprint density at radius 3 is 2.81 bits per heavy atom. The van der Waals surface area contributed by atoms with Crippen molar-refractivity contribution in [3.05, 3.63) is 23.8 Å². The first-order valence-corrected chi connectivity index (χ1v) is 9.46. The fourth-order valence-corrected chi connectivity index (χ4v) is 3.25. The predicted molar refractivity (Wildman–Crippen MR) is 99.8 cm³/mol. The molecule has 1 N–H and O–H groups in total. The van der Waals surface area contributed by atoms with E-state index in [-0.39, 0.29) is 24.7 Å². The average molecular weight is 376 g/mol. The predicted octanol–water partition coefficient (Wildman–Crippen LogP) is 2.72. The van der Waals surface area contributed by atoms with Crippen molar-refractivity contribution < 1.29 is 23.8 Å². The highest BCUT2D eigenvalue weighted by atomic mass is 16.7. The lowest BCUT2D eigenvalue weighted by atomic mass is 9.97. The summed E-state index contributed by atoms with van der Waals surface area (Å²) in [6.07, 6.45) is 1.96. The van der Waals surface area contributed by atoms with Gasteiger partial charge in [-0.05, 0) is 57.7 Å². The molecule has 1 aromatic rings. The summed E-state index contributed by atoms with van der Waals surface area (Å²) in [5, 5.41) is 2.99. The largest absolute Gasteiger partial charge is 0.454 e. The number of rotatable bonds is 4. The van der Waals surface area contributed by atoms with Gasteiger partial charge in [0.05, 0.1) is 5.92 Å². The third-order valence-electron chi connectivity index (χ3n) is 4.59. The number of carbonyl (C=O) groups excluding carboxylic acids is 2. The molecule has 0 aromatic heterocycles. The van der Waals surface area contributed by atoms with Crippen LogP contribution in [0.2, 0.25) is 0 Å². The molecule has 1 saturated heterocycles. The van der Waals surface area contributed by atoms with Gasteiger partial charge in [0.25, 0.3) is 0 Å². The SMILES string of the molecule is CC(C)(C)OC(=O)N1CCCC(C(=O)NCCc2ccc3c(c2)OCO3)C1. The van der Waals surface area contributed by atoms with Crippen molar-refractivity contribution in [1.82, 2.24) is 10.2 Å². The van der Waals surface area contributed by atoms with Crippen molar-refractivity contribution in [1.29, 1.82) is 0 Å². The second kappa shape index (κ2) is 8.06. The Hall–Kier alpha value is -2.44. The van der Waals surface area contributed by atoms with Crippen LogP contribution in [-0.2, 0) is 16.0 Å². The Labute approximate surface area is 160 Å². The van der Waals surface area contributed by atoms with Crippen molar-refractivity contribution >= 4 is 12.0 Å². The van der Waals surface area contributed by atoms with Crippen molar-refractivity contribution in [3.63, 3.8) is 0 Å². The van der Waals surface area contributed by atoms with Gasteiger partial charge in [0, 0.05) is 19.6 Å². The van der Waals surface area contributed by atoms with E-state index >= 15 is 0 Å². The normalized spacial score (nSPS) is 18.9. The van der Waals surface area contributed by atoms with Crippen LogP contribution in [0.5, 0.6) is 11.5 Å². The molecule has 148 valence electrons. The molecular weight excluding hydrogens is 348 g/mol. The van der Waals surface area contributed by atoms with Gasteiger partial charge in [-0.2, -0.15) is 0 Å². The van der Waals surface area contributed by atoms with Crippen LogP contribution in [0.3, 0.4) is 0 Å². The van der Waals surface area contributed by atoms with Gasteiger partial charge in [0.2, 0.25) is 12.7 Å². The van der Waals surface area contributed by atoms with Crippen molar-refractivity contribution in [3.8, 4) is 11.5 Å². The second-order valence-electron chi connectivity index (χ2n) is 7.99. The molecular formula is C20H28N2O5. The molecule has 1 unspecified atom stereocenters. The zero-order valence-corrected chi connectivity index (χ0v) is 16.2. The van der Waals surface area contributed by atoms with Gasteiger partial charge < -0.3 is 24.4 Å². The van der Waals surface area contributed by atoms with E-state index in [9.17, 15) is 9.59 Å². The average Bonchev–Trinajstić information content (AvgIpc) is 3.08. The molecule has 7 heteroatoms. The molecule has 1 atom stereocenters. The maximum atomic E-state index is 12.5. The molecule has 2 heterocycles. The summed E-state index contributed by atoms with van der Waals surface area (Å²) in [6, 6.07) is 5.81. The zero-order chi connectivity index (χ0) is 19.4. The number of likely N-dealkylation sites (tertiary alicyclic amines) is 1. The zero-order valence-electron chi connectivity index (χ0n) is 16.2. The van der Waals surface area contributed by atoms with E-state index in [0.29, 0.717) is 26.1 Å². The molecule has 2 amide bonds. The van der Waals surface area contributed by atoms with Crippen molar-refractivity contribution in [2.75, 3.05) is 26.4 Å². The highest BCUT2D eigenvalue weighted by molar-refractivity contribution is 5.80. The number of nitrogens with zero attached hydrogens (tertiary/aromatic N) is 1. The quantitative estimate of drug-likeness (QED) is 0.874. The smallest absolute Gasteiger partial charge is 0.410 e. The lowest BCUT2D eigenvalue weighted by Gasteiger charge is -2.33. The molecule has 7 nitrogen and oxygen atoms in total. The summed E-state index contributed by atoms with van der Waals surface area (Å²) in [6.45, 7) is 7.37. The van der Waals surface area contributed by atoms with Gasteiger partial charge in [-0.15, -0.1) is 0 Å². The van der Waals surface area contributed by atoms with Gasteiger partial charge in [0.15, 0.2) is 11.5 Å². The van der Waals surface area contributed by atoms with Crippen molar-refractivity contribution in [2.45, 2.75) is 45.6 Å². The lowest BCUT2D eigenvalue weighted by molar-refractivity contribution is -0.126. The van der Waals surface area contributed by atoms with Crippen LogP contribution >= 0.6 is 0 Å². The van der Waals surface area contributed by atoms with E-state index in [0.717, 1.165) is 29.9 Å². The number of fused-ring (bicyclic) bond motifs is 1. The molecule has 3 rings (SSSR count). The van der Waals surface area contributed by atoms with Crippen LogP contribution in [0.25, 0.3) is 0 Å². The maximum absolute atomic E-state index is 12.5. The minimum Gasteiger partial charge on any atom is -0.454 e. The summed E-state index contributed by atoms with van der Waals surface area (Å²) >= 11 is 0. The molecule has 1 aromatic carbocycles. The number of piperidine rings is 1. The van der Waals surface area contributed by atoms with Crippen molar-refractivity contribution in [2.24, 2.45) is 5.92 Å². The molecule has 1 fully saturated rings. The van der Waals surface area contributed by atoms with Crippen LogP contribution in [0, 0.1) is 5.92 Å². The standard InChI is InChI=1S/C20H28N2O5/c1-20(2,3)27-19(24)22-10-4-5-15(12-22)18(23)21-9-8-14-6-7-16-17(11-14)26-13-25-16/h6-7,11,15H,4-5,8-10,12-13H2,1-3H3,(H,21,23). The number of carbonyl (C=O) groups is 2. The monoisotopic (exact) mass is 376 g/mol. The maximum Gasteiger partial charge on any atom is 0.410 e. The van der Waals surface area contributed by atoms with Gasteiger partial charge in [-0.1, -0.05) is 6.07 Å². The Balaban J connectivity index is 1.45. The fraction of sp³-hybridized carbons (Fsp3) is 0.600.